The molecule has 0 fully saturated rings. The van der Waals surface area contributed by atoms with E-state index in [0.717, 1.165) is 11.3 Å². The largest absolute Gasteiger partial charge is 0.383 e. The maximum Gasteiger partial charge on any atom is 0.269 e. The molecule has 0 saturated heterocycles. The number of aromatic nitrogens is 2. The number of fused-ring (bicyclic) bond motifs is 1. The summed E-state index contributed by atoms with van der Waals surface area (Å²) in [5.41, 5.74) is 3.60. The Balaban J connectivity index is 1.88. The molecule has 1 aliphatic heterocycles. The lowest BCUT2D eigenvalue weighted by Crippen LogP contribution is -2.46. The molecule has 6 nitrogen and oxygen atoms in total. The highest BCUT2D eigenvalue weighted by Crippen LogP contribution is 2.23. The first-order valence-corrected chi connectivity index (χ1v) is 7.36. The van der Waals surface area contributed by atoms with Gasteiger partial charge in [-0.3, -0.25) is 10.1 Å². The van der Waals surface area contributed by atoms with Gasteiger partial charge < -0.3 is 10.1 Å². The number of hydrogen-bond donors (Lipinski definition) is 2. The predicted molar refractivity (Wildman–Crippen MR) is 83.6 cm³/mol. The van der Waals surface area contributed by atoms with Gasteiger partial charge in [0.05, 0.1) is 18.8 Å². The van der Waals surface area contributed by atoms with Crippen molar-refractivity contribution in [3.8, 4) is 11.3 Å². The van der Waals surface area contributed by atoms with Crippen LogP contribution in [-0.2, 0) is 4.74 Å². The molecule has 2 N–H and O–H groups in total. The van der Waals surface area contributed by atoms with Gasteiger partial charge in [-0.25, -0.2) is 4.68 Å². The van der Waals surface area contributed by atoms with Crippen molar-refractivity contribution in [2.24, 2.45) is 0 Å². The molecular weight excluding hydrogens is 280 g/mol. The smallest absolute Gasteiger partial charge is 0.269 e. The molecule has 0 radical (unpaired) electrons. The molecule has 1 aliphatic rings. The number of aryl methyl sites for hydroxylation is 1. The van der Waals surface area contributed by atoms with Crippen LogP contribution in [0.1, 0.15) is 22.2 Å². The average molecular weight is 300 g/mol. The first-order valence-electron chi connectivity index (χ1n) is 7.36. The summed E-state index contributed by atoms with van der Waals surface area (Å²) in [5, 5.41) is 10.8. The second-order valence-electron chi connectivity index (χ2n) is 5.40. The third-order valence-corrected chi connectivity index (χ3v) is 3.75. The van der Waals surface area contributed by atoms with Gasteiger partial charge in [-0.15, -0.1) is 0 Å². The Hall–Kier alpha value is -2.18. The van der Waals surface area contributed by atoms with Crippen LogP contribution in [0.3, 0.4) is 0 Å². The van der Waals surface area contributed by atoms with Gasteiger partial charge in [0.15, 0.2) is 0 Å². The lowest BCUT2D eigenvalue weighted by Gasteiger charge is -2.25. The van der Waals surface area contributed by atoms with Crippen LogP contribution in [0, 0.1) is 6.92 Å². The fourth-order valence-electron chi connectivity index (χ4n) is 2.52. The Morgan fingerprint density at radius 3 is 2.91 bits per heavy atom. The van der Waals surface area contributed by atoms with Gasteiger partial charge >= 0.3 is 0 Å². The van der Waals surface area contributed by atoms with Crippen molar-refractivity contribution in [1.82, 2.24) is 20.4 Å². The second kappa shape index (κ2) is 6.29. The Morgan fingerprint density at radius 1 is 1.41 bits per heavy atom. The van der Waals surface area contributed by atoms with Crippen molar-refractivity contribution in [2.75, 3.05) is 26.8 Å². The van der Waals surface area contributed by atoms with Gasteiger partial charge in [0.25, 0.3) is 5.91 Å². The highest BCUT2D eigenvalue weighted by atomic mass is 16.5. The van der Waals surface area contributed by atoms with Gasteiger partial charge in [0, 0.05) is 19.2 Å². The molecule has 0 bridgehead atoms. The van der Waals surface area contributed by atoms with E-state index in [0.29, 0.717) is 25.4 Å². The number of carbonyl (C=O) groups is 1. The molecule has 2 heterocycles. The summed E-state index contributed by atoms with van der Waals surface area (Å²) < 4.78 is 6.82. The summed E-state index contributed by atoms with van der Waals surface area (Å²) in [4.78, 5) is 12.0. The molecule has 0 spiro atoms. The molecule has 2 aromatic rings. The van der Waals surface area contributed by atoms with E-state index in [9.17, 15) is 4.79 Å². The molecule has 1 unspecified atom stereocenters. The van der Waals surface area contributed by atoms with Crippen LogP contribution in [0.15, 0.2) is 30.3 Å². The predicted octanol–water partition coefficient (Wildman–Crippen LogP) is 1.34. The van der Waals surface area contributed by atoms with Crippen LogP contribution in [0.2, 0.25) is 0 Å². The minimum Gasteiger partial charge on any atom is -0.383 e. The minimum absolute atomic E-state index is 0.0537. The van der Waals surface area contributed by atoms with Crippen LogP contribution in [0.25, 0.3) is 11.3 Å². The first kappa shape index (κ1) is 14.7. The minimum atomic E-state index is -0.0874. The molecule has 1 aromatic heterocycles. The number of benzene rings is 1. The standard InChI is InChI=1S/C16H20N4O2/c1-11-3-5-12(6-4-11)13-9-14-16(21)18-10-15(20(14)19-13)17-7-8-22-2/h3-6,9,15,17H,7-8,10H2,1-2H3,(H,18,21). The number of amides is 1. The maximum atomic E-state index is 12.0. The monoisotopic (exact) mass is 300 g/mol. The van der Waals surface area contributed by atoms with E-state index in [1.54, 1.807) is 11.8 Å². The van der Waals surface area contributed by atoms with Crippen LogP contribution < -0.4 is 10.6 Å². The molecular formula is C16H20N4O2. The Kier molecular flexibility index (Phi) is 4.22. The van der Waals surface area contributed by atoms with Crippen molar-refractivity contribution in [1.29, 1.82) is 0 Å². The normalized spacial score (nSPS) is 17.2. The summed E-state index contributed by atoms with van der Waals surface area (Å²) in [6.45, 7) is 3.89. The van der Waals surface area contributed by atoms with E-state index in [-0.39, 0.29) is 12.1 Å². The van der Waals surface area contributed by atoms with Crippen LogP contribution in [-0.4, -0.2) is 42.5 Å². The summed E-state index contributed by atoms with van der Waals surface area (Å²) in [5.74, 6) is -0.0874. The molecule has 0 aliphatic carbocycles. The SMILES string of the molecule is COCCNC1CNC(=O)c2cc(-c3ccc(C)cc3)nn21. The van der Waals surface area contributed by atoms with E-state index in [4.69, 9.17) is 4.74 Å². The molecule has 1 atom stereocenters. The van der Waals surface area contributed by atoms with E-state index >= 15 is 0 Å². The maximum absolute atomic E-state index is 12.0. The number of hydrogen-bond acceptors (Lipinski definition) is 4. The number of nitrogens with zero attached hydrogens (tertiary/aromatic N) is 2. The van der Waals surface area contributed by atoms with Crippen molar-refractivity contribution < 1.29 is 9.53 Å². The van der Waals surface area contributed by atoms with E-state index in [1.165, 1.54) is 5.56 Å². The zero-order chi connectivity index (χ0) is 15.5. The Labute approximate surface area is 129 Å². The topological polar surface area (TPSA) is 68.2 Å². The van der Waals surface area contributed by atoms with E-state index in [1.807, 2.05) is 37.3 Å². The molecule has 6 heteroatoms. The zero-order valence-corrected chi connectivity index (χ0v) is 12.8. The number of carbonyl (C=O) groups excluding carboxylic acids is 1. The lowest BCUT2D eigenvalue weighted by molar-refractivity contribution is 0.0897. The van der Waals surface area contributed by atoms with Gasteiger partial charge in [0.2, 0.25) is 0 Å². The van der Waals surface area contributed by atoms with Crippen molar-refractivity contribution in [3.63, 3.8) is 0 Å². The average Bonchev–Trinajstić information content (AvgIpc) is 2.97. The van der Waals surface area contributed by atoms with Crippen LogP contribution in [0.4, 0.5) is 0 Å². The highest BCUT2D eigenvalue weighted by Gasteiger charge is 2.26. The second-order valence-corrected chi connectivity index (χ2v) is 5.40. The van der Waals surface area contributed by atoms with Crippen molar-refractivity contribution in [2.45, 2.75) is 13.1 Å². The third kappa shape index (κ3) is 2.88. The van der Waals surface area contributed by atoms with E-state index < -0.39 is 0 Å². The van der Waals surface area contributed by atoms with Crippen molar-refractivity contribution in [3.05, 3.63) is 41.6 Å². The zero-order valence-electron chi connectivity index (χ0n) is 12.8. The summed E-state index contributed by atoms with van der Waals surface area (Å²) in [6.07, 6.45) is -0.0537. The summed E-state index contributed by atoms with van der Waals surface area (Å²) in [6, 6.07) is 9.97. The molecule has 3 rings (SSSR count). The van der Waals surface area contributed by atoms with Crippen LogP contribution >= 0.6 is 0 Å². The first-order chi connectivity index (χ1) is 10.7. The Morgan fingerprint density at radius 2 is 2.18 bits per heavy atom. The highest BCUT2D eigenvalue weighted by molar-refractivity contribution is 5.94. The molecule has 0 saturated carbocycles. The van der Waals surface area contributed by atoms with Gasteiger partial charge in [-0.1, -0.05) is 29.8 Å². The van der Waals surface area contributed by atoms with Gasteiger partial charge in [-0.2, -0.15) is 5.10 Å². The van der Waals surface area contributed by atoms with Gasteiger partial charge in [-0.05, 0) is 13.0 Å². The third-order valence-electron chi connectivity index (χ3n) is 3.75. The molecule has 116 valence electrons. The molecule has 22 heavy (non-hydrogen) atoms. The van der Waals surface area contributed by atoms with Crippen LogP contribution in [0.5, 0.6) is 0 Å². The Bertz CT molecular complexity index is 663. The summed E-state index contributed by atoms with van der Waals surface area (Å²) >= 11 is 0. The van der Waals surface area contributed by atoms with Gasteiger partial charge in [0.1, 0.15) is 11.9 Å². The number of methoxy groups -OCH3 is 1. The molecule has 1 amide bonds. The van der Waals surface area contributed by atoms with Crippen molar-refractivity contribution >= 4 is 5.91 Å². The number of rotatable bonds is 5. The molecule has 1 aromatic carbocycles. The number of nitrogens with one attached hydrogen (secondary N) is 2. The number of ether oxygens (including phenoxy) is 1. The quantitative estimate of drug-likeness (QED) is 0.818. The fraction of sp³-hybridized carbons (Fsp3) is 0.375. The fourth-order valence-corrected chi connectivity index (χ4v) is 2.52. The van der Waals surface area contributed by atoms with E-state index in [2.05, 4.69) is 15.7 Å². The summed E-state index contributed by atoms with van der Waals surface area (Å²) in [7, 11) is 1.67. The lowest BCUT2D eigenvalue weighted by atomic mass is 10.1.